The van der Waals surface area contributed by atoms with E-state index in [1.807, 2.05) is 0 Å². The monoisotopic (exact) mass is 199 g/mol. The molecule has 0 aliphatic heterocycles. The van der Waals surface area contributed by atoms with Crippen LogP contribution in [-0.2, 0) is 4.74 Å². The van der Waals surface area contributed by atoms with Crippen molar-refractivity contribution < 1.29 is 4.74 Å². The minimum absolute atomic E-state index is 0.810. The summed E-state index contributed by atoms with van der Waals surface area (Å²) in [5.41, 5.74) is 0. The number of nitrogens with one attached hydrogen (secondary N) is 1. The maximum absolute atomic E-state index is 5.01. The SMILES string of the molecule is COCCCCNC1CC(C(C)C)C1. The second kappa shape index (κ2) is 6.41. The quantitative estimate of drug-likeness (QED) is 0.636. The molecule has 0 aromatic carbocycles. The zero-order chi connectivity index (χ0) is 10.4. The minimum Gasteiger partial charge on any atom is -0.385 e. The van der Waals surface area contributed by atoms with E-state index in [1.165, 1.54) is 32.2 Å². The summed E-state index contributed by atoms with van der Waals surface area (Å²) in [5, 5.41) is 3.61. The zero-order valence-corrected chi connectivity index (χ0v) is 9.88. The summed E-state index contributed by atoms with van der Waals surface area (Å²) in [5.74, 6) is 1.85. The Kier molecular flexibility index (Phi) is 5.49. The van der Waals surface area contributed by atoms with Gasteiger partial charge in [-0.25, -0.2) is 0 Å². The molecule has 1 N–H and O–H groups in total. The van der Waals surface area contributed by atoms with Crippen LogP contribution in [0.4, 0.5) is 0 Å². The number of hydrogen-bond donors (Lipinski definition) is 1. The Morgan fingerprint density at radius 2 is 2.00 bits per heavy atom. The molecule has 0 amide bonds. The lowest BCUT2D eigenvalue weighted by molar-refractivity contribution is 0.164. The Morgan fingerprint density at radius 1 is 1.29 bits per heavy atom. The van der Waals surface area contributed by atoms with Crippen molar-refractivity contribution in [2.45, 2.75) is 45.6 Å². The summed E-state index contributed by atoms with van der Waals surface area (Å²) in [7, 11) is 1.77. The van der Waals surface area contributed by atoms with E-state index < -0.39 is 0 Å². The summed E-state index contributed by atoms with van der Waals surface area (Å²) < 4.78 is 5.01. The first-order chi connectivity index (χ1) is 6.74. The van der Waals surface area contributed by atoms with Crippen molar-refractivity contribution in [1.82, 2.24) is 5.32 Å². The Bertz CT molecular complexity index is 141. The molecule has 1 rings (SSSR count). The van der Waals surface area contributed by atoms with Crippen molar-refractivity contribution in [3.8, 4) is 0 Å². The first-order valence-corrected chi connectivity index (χ1v) is 5.96. The maximum atomic E-state index is 5.01. The van der Waals surface area contributed by atoms with Gasteiger partial charge in [0.15, 0.2) is 0 Å². The van der Waals surface area contributed by atoms with Crippen LogP contribution in [0, 0.1) is 11.8 Å². The van der Waals surface area contributed by atoms with Gasteiger partial charge in [-0.3, -0.25) is 0 Å². The third-order valence-corrected chi connectivity index (χ3v) is 3.33. The maximum Gasteiger partial charge on any atom is 0.0462 e. The van der Waals surface area contributed by atoms with E-state index in [-0.39, 0.29) is 0 Å². The number of hydrogen-bond acceptors (Lipinski definition) is 2. The summed E-state index contributed by atoms with van der Waals surface area (Å²) >= 11 is 0. The van der Waals surface area contributed by atoms with Gasteiger partial charge in [0.25, 0.3) is 0 Å². The molecule has 0 aromatic heterocycles. The predicted octanol–water partition coefficient (Wildman–Crippen LogP) is 2.44. The van der Waals surface area contributed by atoms with Crippen LogP contribution in [0.2, 0.25) is 0 Å². The lowest BCUT2D eigenvalue weighted by Gasteiger charge is -2.38. The van der Waals surface area contributed by atoms with Crippen molar-refractivity contribution in [2.75, 3.05) is 20.3 Å². The van der Waals surface area contributed by atoms with Crippen LogP contribution in [0.25, 0.3) is 0 Å². The van der Waals surface area contributed by atoms with Gasteiger partial charge in [0.2, 0.25) is 0 Å². The van der Waals surface area contributed by atoms with Gasteiger partial charge in [-0.05, 0) is 44.1 Å². The molecule has 0 radical (unpaired) electrons. The number of rotatable bonds is 7. The van der Waals surface area contributed by atoms with Gasteiger partial charge >= 0.3 is 0 Å². The van der Waals surface area contributed by atoms with E-state index >= 15 is 0 Å². The molecule has 0 atom stereocenters. The summed E-state index contributed by atoms with van der Waals surface area (Å²) in [6.07, 6.45) is 5.21. The molecular formula is C12H25NO. The molecule has 0 aromatic rings. The fourth-order valence-electron chi connectivity index (χ4n) is 2.05. The lowest BCUT2D eigenvalue weighted by Crippen LogP contribution is -2.43. The average molecular weight is 199 g/mol. The highest BCUT2D eigenvalue weighted by Gasteiger charge is 2.30. The Labute approximate surface area is 88.4 Å². The van der Waals surface area contributed by atoms with Gasteiger partial charge in [-0.2, -0.15) is 0 Å². The molecule has 2 heteroatoms. The molecule has 0 unspecified atom stereocenters. The smallest absolute Gasteiger partial charge is 0.0462 e. The second-order valence-corrected chi connectivity index (χ2v) is 4.83. The van der Waals surface area contributed by atoms with Crippen molar-refractivity contribution >= 4 is 0 Å². The van der Waals surface area contributed by atoms with Gasteiger partial charge in [-0.1, -0.05) is 13.8 Å². The summed E-state index contributed by atoms with van der Waals surface area (Å²) in [6.45, 7) is 6.73. The predicted molar refractivity (Wildman–Crippen MR) is 60.5 cm³/mol. The van der Waals surface area contributed by atoms with Crippen LogP contribution in [0.5, 0.6) is 0 Å². The molecule has 0 bridgehead atoms. The van der Waals surface area contributed by atoms with Gasteiger partial charge < -0.3 is 10.1 Å². The normalized spacial score (nSPS) is 26.6. The van der Waals surface area contributed by atoms with Crippen LogP contribution in [0.3, 0.4) is 0 Å². The fourth-order valence-corrected chi connectivity index (χ4v) is 2.05. The van der Waals surface area contributed by atoms with Crippen LogP contribution in [-0.4, -0.2) is 26.3 Å². The second-order valence-electron chi connectivity index (χ2n) is 4.83. The lowest BCUT2D eigenvalue weighted by atomic mass is 9.74. The largest absolute Gasteiger partial charge is 0.385 e. The highest BCUT2D eigenvalue weighted by Crippen LogP contribution is 2.33. The molecular weight excluding hydrogens is 174 g/mol. The highest BCUT2D eigenvalue weighted by atomic mass is 16.5. The van der Waals surface area contributed by atoms with E-state index in [0.717, 1.165) is 24.5 Å². The van der Waals surface area contributed by atoms with E-state index in [9.17, 15) is 0 Å². The summed E-state index contributed by atoms with van der Waals surface area (Å²) in [6, 6.07) is 0.810. The molecule has 0 heterocycles. The number of unbranched alkanes of at least 4 members (excludes halogenated alkanes) is 1. The third kappa shape index (κ3) is 3.97. The molecule has 2 nitrogen and oxygen atoms in total. The van der Waals surface area contributed by atoms with Crippen molar-refractivity contribution in [1.29, 1.82) is 0 Å². The topological polar surface area (TPSA) is 21.3 Å². The molecule has 84 valence electrons. The van der Waals surface area contributed by atoms with E-state index in [4.69, 9.17) is 4.74 Å². The first-order valence-electron chi connectivity index (χ1n) is 5.96. The molecule has 0 spiro atoms. The number of methoxy groups -OCH3 is 1. The van der Waals surface area contributed by atoms with Crippen molar-refractivity contribution in [3.05, 3.63) is 0 Å². The van der Waals surface area contributed by atoms with Gasteiger partial charge in [-0.15, -0.1) is 0 Å². The van der Waals surface area contributed by atoms with Gasteiger partial charge in [0.1, 0.15) is 0 Å². The van der Waals surface area contributed by atoms with Crippen LogP contribution in [0.1, 0.15) is 39.5 Å². The molecule has 1 saturated carbocycles. The molecule has 0 saturated heterocycles. The third-order valence-electron chi connectivity index (χ3n) is 3.33. The highest BCUT2D eigenvalue weighted by molar-refractivity contribution is 4.86. The van der Waals surface area contributed by atoms with E-state index in [0.29, 0.717) is 0 Å². The fraction of sp³-hybridized carbons (Fsp3) is 1.00. The van der Waals surface area contributed by atoms with Gasteiger partial charge in [0, 0.05) is 19.8 Å². The van der Waals surface area contributed by atoms with E-state index in [2.05, 4.69) is 19.2 Å². The number of ether oxygens (including phenoxy) is 1. The zero-order valence-electron chi connectivity index (χ0n) is 9.88. The van der Waals surface area contributed by atoms with E-state index in [1.54, 1.807) is 7.11 Å². The Morgan fingerprint density at radius 3 is 2.57 bits per heavy atom. The van der Waals surface area contributed by atoms with Crippen LogP contribution in [0.15, 0.2) is 0 Å². The Hall–Kier alpha value is -0.0800. The average Bonchev–Trinajstić information content (AvgIpc) is 2.06. The van der Waals surface area contributed by atoms with Gasteiger partial charge in [0.05, 0.1) is 0 Å². The van der Waals surface area contributed by atoms with Crippen LogP contribution < -0.4 is 5.32 Å². The first kappa shape index (κ1) is 12.0. The van der Waals surface area contributed by atoms with Crippen molar-refractivity contribution in [3.63, 3.8) is 0 Å². The molecule has 1 aliphatic rings. The van der Waals surface area contributed by atoms with Crippen LogP contribution >= 0.6 is 0 Å². The Balaban J connectivity index is 1.86. The standard InChI is InChI=1S/C12H25NO/c1-10(2)11-8-12(9-11)13-6-4-5-7-14-3/h10-13H,4-9H2,1-3H3. The molecule has 1 fully saturated rings. The summed E-state index contributed by atoms with van der Waals surface area (Å²) in [4.78, 5) is 0. The molecule has 1 aliphatic carbocycles. The minimum atomic E-state index is 0.810. The molecule has 14 heavy (non-hydrogen) atoms. The van der Waals surface area contributed by atoms with Crippen molar-refractivity contribution in [2.24, 2.45) is 11.8 Å².